The number of thiophene rings is 1. The van der Waals surface area contributed by atoms with Crippen LogP contribution in [0.4, 0.5) is 4.39 Å². The molecule has 0 aliphatic carbocycles. The number of hydrogen-bond acceptors (Lipinski definition) is 3. The highest BCUT2D eigenvalue weighted by molar-refractivity contribution is 7.19. The molecule has 2 N–H and O–H groups in total. The number of rotatable bonds is 1. The Hall–Kier alpha value is -0.615. The molecular formula is C8H5BClFO2S. The molecule has 0 amide bonds. The Bertz CT molecular complexity index is 485. The van der Waals surface area contributed by atoms with Gasteiger partial charge in [-0.05, 0) is 16.8 Å². The molecule has 0 unspecified atom stereocenters. The first-order valence-corrected chi connectivity index (χ1v) is 5.08. The molecule has 1 heterocycles. The van der Waals surface area contributed by atoms with Gasteiger partial charge in [0.1, 0.15) is 5.82 Å². The first-order chi connectivity index (χ1) is 6.61. The van der Waals surface area contributed by atoms with Crippen molar-refractivity contribution >= 4 is 45.6 Å². The van der Waals surface area contributed by atoms with Crippen LogP contribution in [0, 0.1) is 5.82 Å². The molecule has 2 aromatic rings. The van der Waals surface area contributed by atoms with E-state index in [1.807, 2.05) is 0 Å². The third-order valence-corrected chi connectivity index (χ3v) is 3.46. The van der Waals surface area contributed by atoms with Crippen LogP contribution in [0.1, 0.15) is 0 Å². The van der Waals surface area contributed by atoms with Crippen molar-refractivity contribution < 1.29 is 14.4 Å². The van der Waals surface area contributed by atoms with Gasteiger partial charge in [-0.1, -0.05) is 17.7 Å². The summed E-state index contributed by atoms with van der Waals surface area (Å²) in [5.74, 6) is -0.500. The van der Waals surface area contributed by atoms with Gasteiger partial charge in [0.2, 0.25) is 0 Å². The fourth-order valence-electron chi connectivity index (χ4n) is 1.26. The van der Waals surface area contributed by atoms with Crippen molar-refractivity contribution in [2.45, 2.75) is 0 Å². The number of benzene rings is 1. The summed E-state index contributed by atoms with van der Waals surface area (Å²) in [5, 5.41) is 20.2. The van der Waals surface area contributed by atoms with E-state index < -0.39 is 12.9 Å². The molecular weight excluding hydrogens is 225 g/mol. The van der Waals surface area contributed by atoms with Gasteiger partial charge in [-0.15, -0.1) is 11.3 Å². The maximum absolute atomic E-state index is 13.0. The molecule has 0 fully saturated rings. The second-order valence-electron chi connectivity index (χ2n) is 2.80. The summed E-state index contributed by atoms with van der Waals surface area (Å²) < 4.78 is 13.5. The Morgan fingerprint density at radius 1 is 1.36 bits per heavy atom. The zero-order valence-electron chi connectivity index (χ0n) is 6.87. The summed E-state index contributed by atoms with van der Waals surface area (Å²) >= 11 is 6.91. The Morgan fingerprint density at radius 2 is 2.07 bits per heavy atom. The van der Waals surface area contributed by atoms with Gasteiger partial charge in [0.25, 0.3) is 0 Å². The largest absolute Gasteiger partial charge is 0.489 e. The average Bonchev–Trinajstić information content (AvgIpc) is 2.55. The summed E-state index contributed by atoms with van der Waals surface area (Å²) in [6.07, 6.45) is 0. The van der Waals surface area contributed by atoms with E-state index in [1.54, 1.807) is 5.38 Å². The van der Waals surface area contributed by atoms with E-state index in [0.29, 0.717) is 15.5 Å². The minimum atomic E-state index is -1.55. The number of fused-ring (bicyclic) bond motifs is 1. The van der Waals surface area contributed by atoms with Crippen molar-refractivity contribution in [3.63, 3.8) is 0 Å². The van der Waals surface area contributed by atoms with Crippen LogP contribution in [-0.2, 0) is 0 Å². The van der Waals surface area contributed by atoms with E-state index in [2.05, 4.69) is 0 Å². The van der Waals surface area contributed by atoms with Crippen LogP contribution in [0.15, 0.2) is 17.5 Å². The van der Waals surface area contributed by atoms with Gasteiger partial charge in [-0.2, -0.15) is 0 Å². The van der Waals surface area contributed by atoms with Gasteiger partial charge >= 0.3 is 7.12 Å². The van der Waals surface area contributed by atoms with Crippen LogP contribution in [0.5, 0.6) is 0 Å². The minimum absolute atomic E-state index is 0.0272. The van der Waals surface area contributed by atoms with Crippen LogP contribution >= 0.6 is 22.9 Å². The lowest BCUT2D eigenvalue weighted by atomic mass is 9.80. The molecule has 2 rings (SSSR count). The second kappa shape index (κ2) is 3.51. The zero-order chi connectivity index (χ0) is 10.3. The monoisotopic (exact) mass is 230 g/mol. The van der Waals surface area contributed by atoms with Gasteiger partial charge in [0.15, 0.2) is 0 Å². The van der Waals surface area contributed by atoms with Gasteiger partial charge in [0.05, 0.1) is 9.72 Å². The van der Waals surface area contributed by atoms with E-state index in [1.165, 1.54) is 23.5 Å². The summed E-state index contributed by atoms with van der Waals surface area (Å²) in [4.78, 5) is 0. The van der Waals surface area contributed by atoms with Crippen molar-refractivity contribution in [2.24, 2.45) is 0 Å². The summed E-state index contributed by atoms with van der Waals surface area (Å²) in [5.41, 5.74) is 0.354. The molecule has 0 spiro atoms. The molecule has 14 heavy (non-hydrogen) atoms. The zero-order valence-corrected chi connectivity index (χ0v) is 8.44. The predicted octanol–water partition coefficient (Wildman–Crippen LogP) is 1.37. The van der Waals surface area contributed by atoms with E-state index >= 15 is 0 Å². The highest BCUT2D eigenvalue weighted by atomic mass is 35.5. The third kappa shape index (κ3) is 1.42. The second-order valence-corrected chi connectivity index (χ2v) is 4.06. The SMILES string of the molecule is OB(O)c1csc2c(Cl)c(F)ccc12. The molecule has 0 atom stereocenters. The lowest BCUT2D eigenvalue weighted by molar-refractivity contribution is 0.426. The van der Waals surface area contributed by atoms with Crippen molar-refractivity contribution in [1.82, 2.24) is 0 Å². The number of hydrogen-bond donors (Lipinski definition) is 2. The van der Waals surface area contributed by atoms with Crippen molar-refractivity contribution in [2.75, 3.05) is 0 Å². The Morgan fingerprint density at radius 3 is 2.71 bits per heavy atom. The Balaban J connectivity index is 2.77. The van der Waals surface area contributed by atoms with E-state index in [9.17, 15) is 4.39 Å². The topological polar surface area (TPSA) is 40.5 Å². The number of halogens is 2. The third-order valence-electron chi connectivity index (χ3n) is 1.94. The highest BCUT2D eigenvalue weighted by Crippen LogP contribution is 2.29. The predicted molar refractivity (Wildman–Crippen MR) is 56.6 cm³/mol. The van der Waals surface area contributed by atoms with E-state index in [4.69, 9.17) is 21.6 Å². The lowest BCUT2D eigenvalue weighted by Gasteiger charge is -1.98. The van der Waals surface area contributed by atoms with E-state index in [-0.39, 0.29) is 5.02 Å². The van der Waals surface area contributed by atoms with Gasteiger partial charge < -0.3 is 10.0 Å². The molecule has 2 nitrogen and oxygen atoms in total. The molecule has 6 heteroatoms. The van der Waals surface area contributed by atoms with Crippen LogP contribution in [0.3, 0.4) is 0 Å². The fourth-order valence-corrected chi connectivity index (χ4v) is 2.57. The molecule has 0 radical (unpaired) electrons. The smallest absolute Gasteiger partial charge is 0.423 e. The van der Waals surface area contributed by atoms with Gasteiger partial charge in [0, 0.05) is 5.46 Å². The molecule has 72 valence electrons. The highest BCUT2D eigenvalue weighted by Gasteiger charge is 2.18. The van der Waals surface area contributed by atoms with Crippen LogP contribution in [0.2, 0.25) is 5.02 Å². The average molecular weight is 230 g/mol. The Kier molecular flexibility index (Phi) is 2.49. The van der Waals surface area contributed by atoms with Crippen LogP contribution < -0.4 is 5.46 Å². The summed E-state index contributed by atoms with van der Waals surface area (Å²) in [6.45, 7) is 0. The quantitative estimate of drug-likeness (QED) is 0.727. The maximum Gasteiger partial charge on any atom is 0.489 e. The minimum Gasteiger partial charge on any atom is -0.423 e. The molecule has 1 aromatic heterocycles. The normalized spacial score (nSPS) is 10.9. The van der Waals surface area contributed by atoms with E-state index in [0.717, 1.165) is 0 Å². The molecule has 0 saturated heterocycles. The molecule has 1 aromatic carbocycles. The lowest BCUT2D eigenvalue weighted by Crippen LogP contribution is -2.28. The van der Waals surface area contributed by atoms with Crippen molar-refractivity contribution in [3.05, 3.63) is 28.4 Å². The molecule has 0 saturated carbocycles. The van der Waals surface area contributed by atoms with Gasteiger partial charge in [-0.25, -0.2) is 4.39 Å². The molecule has 0 aliphatic heterocycles. The van der Waals surface area contributed by atoms with Gasteiger partial charge in [-0.3, -0.25) is 0 Å². The first kappa shape index (κ1) is 9.92. The van der Waals surface area contributed by atoms with Crippen molar-refractivity contribution in [1.29, 1.82) is 0 Å². The molecule has 0 bridgehead atoms. The first-order valence-electron chi connectivity index (χ1n) is 3.82. The maximum atomic E-state index is 13.0. The standard InChI is InChI=1S/C8H5BClFO2S/c10-7-6(11)2-1-4-5(9(12)13)3-14-8(4)7/h1-3,12-13H. The summed E-state index contributed by atoms with van der Waals surface area (Å²) in [6, 6.07) is 2.70. The van der Waals surface area contributed by atoms with Crippen LogP contribution in [-0.4, -0.2) is 17.2 Å². The Labute approximate surface area is 88.7 Å². The molecule has 0 aliphatic rings. The fraction of sp³-hybridized carbons (Fsp3) is 0. The van der Waals surface area contributed by atoms with Crippen molar-refractivity contribution in [3.8, 4) is 0 Å². The summed E-state index contributed by atoms with van der Waals surface area (Å²) in [7, 11) is -1.55. The van der Waals surface area contributed by atoms with Crippen LogP contribution in [0.25, 0.3) is 10.1 Å².